The second-order valence-corrected chi connectivity index (χ2v) is 8.62. The molecule has 0 unspecified atom stereocenters. The van der Waals surface area contributed by atoms with Crippen LogP contribution in [0.15, 0.2) is 70.5 Å². The first-order valence-corrected chi connectivity index (χ1v) is 10.5. The van der Waals surface area contributed by atoms with Gasteiger partial charge < -0.3 is 0 Å². The van der Waals surface area contributed by atoms with Gasteiger partial charge in [-0.1, -0.05) is 41.6 Å². The van der Waals surface area contributed by atoms with Crippen LogP contribution in [0.1, 0.15) is 16.7 Å². The zero-order valence-electron chi connectivity index (χ0n) is 16.6. The molecule has 31 heavy (non-hydrogen) atoms. The maximum Gasteiger partial charge on any atom is 0.273 e. The Bertz CT molecular complexity index is 1250. The molecule has 0 spiro atoms. The Labute approximate surface area is 187 Å². The number of carbonyl (C=O) groups is 2. The molecule has 1 heterocycles. The van der Waals surface area contributed by atoms with Gasteiger partial charge in [0.25, 0.3) is 11.8 Å². The molecule has 0 atom stereocenters. The minimum absolute atomic E-state index is 0.166. The summed E-state index contributed by atoms with van der Waals surface area (Å²) < 4.78 is 27.9. The van der Waals surface area contributed by atoms with E-state index in [0.717, 1.165) is 39.9 Å². The molecule has 156 valence electrons. The van der Waals surface area contributed by atoms with Crippen LogP contribution in [0.4, 0.5) is 14.5 Å². The Morgan fingerprint density at radius 2 is 1.55 bits per heavy atom. The summed E-state index contributed by atoms with van der Waals surface area (Å²) in [6, 6.07) is 15.0. The van der Waals surface area contributed by atoms with E-state index in [-0.39, 0.29) is 16.2 Å². The summed E-state index contributed by atoms with van der Waals surface area (Å²) in [6.45, 7) is 3.85. The van der Waals surface area contributed by atoms with Crippen molar-refractivity contribution < 1.29 is 18.4 Å². The van der Waals surface area contributed by atoms with Crippen LogP contribution < -0.4 is 4.90 Å². The lowest BCUT2D eigenvalue weighted by Crippen LogP contribution is -2.32. The van der Waals surface area contributed by atoms with Crippen molar-refractivity contribution in [2.75, 3.05) is 4.90 Å². The summed E-state index contributed by atoms with van der Waals surface area (Å²) >= 11 is 7.05. The van der Waals surface area contributed by atoms with Crippen LogP contribution in [0.3, 0.4) is 0 Å². The second kappa shape index (κ2) is 8.29. The SMILES string of the molecule is Cc1ccc(C2=C(Sc3ccc(Cl)cc3)C(=O)N(c3ccc(F)cc3F)C2=O)cc1C. The molecule has 2 amide bonds. The summed E-state index contributed by atoms with van der Waals surface area (Å²) in [5.41, 5.74) is 2.44. The Hall–Kier alpha value is -2.96. The van der Waals surface area contributed by atoms with Crippen LogP contribution in [-0.2, 0) is 9.59 Å². The zero-order valence-corrected chi connectivity index (χ0v) is 18.2. The quantitative estimate of drug-likeness (QED) is 0.432. The van der Waals surface area contributed by atoms with E-state index in [0.29, 0.717) is 21.5 Å². The monoisotopic (exact) mass is 455 g/mol. The molecule has 3 aromatic rings. The number of anilines is 1. The van der Waals surface area contributed by atoms with Gasteiger partial charge in [0.05, 0.1) is 16.2 Å². The Balaban J connectivity index is 1.85. The van der Waals surface area contributed by atoms with Crippen molar-refractivity contribution in [2.45, 2.75) is 18.7 Å². The first-order chi connectivity index (χ1) is 14.8. The molecule has 4 rings (SSSR count). The molecule has 1 aliphatic heterocycles. The van der Waals surface area contributed by atoms with Crippen LogP contribution in [0, 0.1) is 25.5 Å². The number of hydrogen-bond donors (Lipinski definition) is 0. The van der Waals surface area contributed by atoms with Crippen LogP contribution in [0.2, 0.25) is 5.02 Å². The van der Waals surface area contributed by atoms with Gasteiger partial charge in [-0.15, -0.1) is 0 Å². The van der Waals surface area contributed by atoms with Gasteiger partial charge in [0.1, 0.15) is 11.6 Å². The first kappa shape index (κ1) is 21.3. The molecule has 3 aromatic carbocycles. The Kier molecular flexibility index (Phi) is 5.69. The summed E-state index contributed by atoms with van der Waals surface area (Å²) in [4.78, 5) is 28.3. The third-order valence-corrected chi connectivity index (χ3v) is 6.36. The van der Waals surface area contributed by atoms with Crippen molar-refractivity contribution in [3.05, 3.63) is 98.9 Å². The highest BCUT2D eigenvalue weighted by atomic mass is 35.5. The number of thioether (sulfide) groups is 1. The first-order valence-electron chi connectivity index (χ1n) is 9.35. The van der Waals surface area contributed by atoms with Gasteiger partial charge in [-0.05, 0) is 66.9 Å². The molecule has 0 saturated carbocycles. The number of rotatable bonds is 4. The molecule has 7 heteroatoms. The summed E-state index contributed by atoms with van der Waals surface area (Å²) in [7, 11) is 0. The highest BCUT2D eigenvalue weighted by Crippen LogP contribution is 2.42. The van der Waals surface area contributed by atoms with E-state index in [2.05, 4.69) is 0 Å². The predicted octanol–water partition coefficient (Wildman–Crippen LogP) is 6.31. The number of aryl methyl sites for hydroxylation is 2. The van der Waals surface area contributed by atoms with Gasteiger partial charge in [-0.2, -0.15) is 0 Å². The standard InChI is InChI=1S/C24H16ClF2NO2S/c1-13-3-4-15(11-14(13)2)21-22(31-18-8-5-16(25)6-9-18)24(30)28(23(21)29)20-10-7-17(26)12-19(20)27/h3-12H,1-2H3. The number of amides is 2. The van der Waals surface area contributed by atoms with E-state index in [1.165, 1.54) is 0 Å². The number of hydrogen-bond acceptors (Lipinski definition) is 3. The second-order valence-electron chi connectivity index (χ2n) is 7.10. The van der Waals surface area contributed by atoms with E-state index in [4.69, 9.17) is 11.6 Å². The summed E-state index contributed by atoms with van der Waals surface area (Å²) in [6.07, 6.45) is 0. The molecule has 0 N–H and O–H groups in total. The van der Waals surface area contributed by atoms with Crippen LogP contribution in [0.5, 0.6) is 0 Å². The third kappa shape index (κ3) is 4.01. The lowest BCUT2D eigenvalue weighted by Gasteiger charge is -2.16. The fourth-order valence-corrected chi connectivity index (χ4v) is 4.38. The number of nitrogens with zero attached hydrogens (tertiary/aromatic N) is 1. The van der Waals surface area contributed by atoms with Gasteiger partial charge in [0.15, 0.2) is 0 Å². The summed E-state index contributed by atoms with van der Waals surface area (Å²) in [5, 5.41) is 0.538. The number of halogens is 3. The fourth-order valence-electron chi connectivity index (χ4n) is 3.26. The molecular formula is C24H16ClF2NO2S. The lowest BCUT2D eigenvalue weighted by molar-refractivity contribution is -0.119. The van der Waals surface area contributed by atoms with Crippen molar-refractivity contribution >= 4 is 46.4 Å². The van der Waals surface area contributed by atoms with Gasteiger partial charge in [0, 0.05) is 16.0 Å². The third-order valence-electron chi connectivity index (χ3n) is 5.02. The van der Waals surface area contributed by atoms with Crippen LogP contribution in [0.25, 0.3) is 5.57 Å². The Morgan fingerprint density at radius 1 is 0.839 bits per heavy atom. The van der Waals surface area contributed by atoms with Gasteiger partial charge >= 0.3 is 0 Å². The van der Waals surface area contributed by atoms with Gasteiger partial charge in [-0.25, -0.2) is 13.7 Å². The minimum Gasteiger partial charge on any atom is -0.268 e. The molecule has 0 saturated heterocycles. The molecule has 0 aromatic heterocycles. The van der Waals surface area contributed by atoms with E-state index in [1.54, 1.807) is 30.3 Å². The normalized spacial score (nSPS) is 14.0. The topological polar surface area (TPSA) is 37.4 Å². The predicted molar refractivity (Wildman–Crippen MR) is 119 cm³/mol. The maximum atomic E-state index is 14.5. The molecule has 0 fully saturated rings. The molecule has 0 radical (unpaired) electrons. The molecular weight excluding hydrogens is 440 g/mol. The van der Waals surface area contributed by atoms with E-state index in [1.807, 2.05) is 26.0 Å². The van der Waals surface area contributed by atoms with Gasteiger partial charge in [-0.3, -0.25) is 9.59 Å². The van der Waals surface area contributed by atoms with Crippen molar-refractivity contribution in [2.24, 2.45) is 0 Å². The van der Waals surface area contributed by atoms with Crippen molar-refractivity contribution in [1.29, 1.82) is 0 Å². The Morgan fingerprint density at radius 3 is 2.19 bits per heavy atom. The highest BCUT2D eigenvalue weighted by molar-refractivity contribution is 8.04. The molecule has 1 aliphatic rings. The van der Waals surface area contributed by atoms with Crippen molar-refractivity contribution in [1.82, 2.24) is 0 Å². The molecule has 0 aliphatic carbocycles. The minimum atomic E-state index is -0.987. The maximum absolute atomic E-state index is 14.5. The van der Waals surface area contributed by atoms with E-state index in [9.17, 15) is 18.4 Å². The van der Waals surface area contributed by atoms with Crippen LogP contribution in [-0.4, -0.2) is 11.8 Å². The fraction of sp³-hybridized carbons (Fsp3) is 0.0833. The number of benzene rings is 3. The molecule has 3 nitrogen and oxygen atoms in total. The average molecular weight is 456 g/mol. The van der Waals surface area contributed by atoms with Crippen LogP contribution >= 0.6 is 23.4 Å². The smallest absolute Gasteiger partial charge is 0.268 e. The van der Waals surface area contributed by atoms with E-state index < -0.39 is 23.4 Å². The van der Waals surface area contributed by atoms with Crippen molar-refractivity contribution in [3.8, 4) is 0 Å². The highest BCUT2D eigenvalue weighted by Gasteiger charge is 2.41. The number of carbonyl (C=O) groups excluding carboxylic acids is 2. The van der Waals surface area contributed by atoms with E-state index >= 15 is 0 Å². The summed E-state index contributed by atoms with van der Waals surface area (Å²) in [5.74, 6) is -3.10. The number of imide groups is 1. The van der Waals surface area contributed by atoms with Gasteiger partial charge in [0.2, 0.25) is 0 Å². The zero-order chi connectivity index (χ0) is 22.3. The lowest BCUT2D eigenvalue weighted by atomic mass is 10.0. The molecule has 0 bridgehead atoms. The average Bonchev–Trinajstić information content (AvgIpc) is 2.96. The van der Waals surface area contributed by atoms with Crippen molar-refractivity contribution in [3.63, 3.8) is 0 Å². The largest absolute Gasteiger partial charge is 0.273 e.